The molecular weight excluding hydrogens is 214 g/mol. The Kier molecular flexibility index (Phi) is 3.45. The van der Waals surface area contributed by atoms with Crippen LogP contribution in [0, 0.1) is 0 Å². The number of para-hydroxylation sites is 1. The van der Waals surface area contributed by atoms with Crippen LogP contribution >= 0.6 is 0 Å². The first-order valence-corrected chi connectivity index (χ1v) is 5.82. The van der Waals surface area contributed by atoms with Gasteiger partial charge in [-0.3, -0.25) is 4.68 Å². The lowest BCUT2D eigenvalue weighted by molar-refractivity contribution is 0.0953. The normalized spacial score (nSPS) is 15.1. The van der Waals surface area contributed by atoms with Crippen molar-refractivity contribution in [2.75, 3.05) is 7.11 Å². The number of aromatic nitrogens is 2. The summed E-state index contributed by atoms with van der Waals surface area (Å²) in [6.07, 6.45) is 0.770. The molecule has 0 aliphatic rings. The van der Waals surface area contributed by atoms with Crippen molar-refractivity contribution in [1.82, 2.24) is 9.78 Å². The molecule has 92 valence electrons. The van der Waals surface area contributed by atoms with Gasteiger partial charge in [0, 0.05) is 32.0 Å². The lowest BCUT2D eigenvalue weighted by Crippen LogP contribution is -2.36. The lowest BCUT2D eigenvalue weighted by Gasteiger charge is -2.17. The average molecular weight is 233 g/mol. The number of hydrogen-bond acceptors (Lipinski definition) is 3. The van der Waals surface area contributed by atoms with Crippen molar-refractivity contribution in [3.05, 3.63) is 30.0 Å². The SMILES string of the molecule is COC(C)C(N)Cc1nn(C)c2ccccc12. The molecule has 2 aromatic rings. The maximum Gasteiger partial charge on any atom is 0.0719 e. The maximum atomic E-state index is 6.09. The predicted molar refractivity (Wildman–Crippen MR) is 68.9 cm³/mol. The summed E-state index contributed by atoms with van der Waals surface area (Å²) in [5.41, 5.74) is 8.27. The molecule has 2 unspecified atom stereocenters. The molecule has 2 N–H and O–H groups in total. The Balaban J connectivity index is 2.30. The number of nitrogens with zero attached hydrogens (tertiary/aromatic N) is 2. The van der Waals surface area contributed by atoms with Crippen molar-refractivity contribution in [2.45, 2.75) is 25.5 Å². The summed E-state index contributed by atoms with van der Waals surface area (Å²) >= 11 is 0. The van der Waals surface area contributed by atoms with Crippen molar-refractivity contribution < 1.29 is 4.74 Å². The van der Waals surface area contributed by atoms with Gasteiger partial charge in [0.05, 0.1) is 17.3 Å². The standard InChI is InChI=1S/C13H19N3O/c1-9(17-3)11(14)8-12-10-6-4-5-7-13(10)16(2)15-12/h4-7,9,11H,8,14H2,1-3H3. The van der Waals surface area contributed by atoms with E-state index in [9.17, 15) is 0 Å². The molecule has 1 aromatic heterocycles. The molecule has 0 saturated carbocycles. The second-order valence-corrected chi connectivity index (χ2v) is 4.40. The highest BCUT2D eigenvalue weighted by molar-refractivity contribution is 5.81. The number of rotatable bonds is 4. The zero-order chi connectivity index (χ0) is 12.4. The fourth-order valence-corrected chi connectivity index (χ4v) is 2.00. The molecule has 0 amide bonds. The Bertz CT molecular complexity index is 506. The van der Waals surface area contributed by atoms with E-state index >= 15 is 0 Å². The number of fused-ring (bicyclic) bond motifs is 1. The van der Waals surface area contributed by atoms with Crippen molar-refractivity contribution >= 4 is 10.9 Å². The molecule has 17 heavy (non-hydrogen) atoms. The van der Waals surface area contributed by atoms with Crippen LogP contribution < -0.4 is 5.73 Å². The Hall–Kier alpha value is -1.39. The molecular formula is C13H19N3O. The first-order valence-electron chi connectivity index (χ1n) is 5.82. The molecule has 0 saturated heterocycles. The highest BCUT2D eigenvalue weighted by Crippen LogP contribution is 2.19. The van der Waals surface area contributed by atoms with Crippen LogP contribution in [0.25, 0.3) is 10.9 Å². The van der Waals surface area contributed by atoms with E-state index in [1.165, 1.54) is 5.39 Å². The Labute approximate surface area is 101 Å². The molecule has 0 aliphatic carbocycles. The highest BCUT2D eigenvalue weighted by Gasteiger charge is 2.16. The molecule has 4 heteroatoms. The summed E-state index contributed by atoms with van der Waals surface area (Å²) in [4.78, 5) is 0. The number of methoxy groups -OCH3 is 1. The van der Waals surface area contributed by atoms with Crippen LogP contribution in [-0.2, 0) is 18.2 Å². The highest BCUT2D eigenvalue weighted by atomic mass is 16.5. The Morgan fingerprint density at radius 3 is 2.82 bits per heavy atom. The summed E-state index contributed by atoms with van der Waals surface area (Å²) in [6.45, 7) is 1.98. The van der Waals surface area contributed by atoms with Crippen LogP contribution in [0.3, 0.4) is 0 Å². The third-order valence-corrected chi connectivity index (χ3v) is 3.24. The molecule has 4 nitrogen and oxygen atoms in total. The third kappa shape index (κ3) is 2.33. The van der Waals surface area contributed by atoms with Gasteiger partial charge in [0.2, 0.25) is 0 Å². The molecule has 2 rings (SSSR count). The fourth-order valence-electron chi connectivity index (χ4n) is 2.00. The van der Waals surface area contributed by atoms with E-state index in [0.29, 0.717) is 0 Å². The van der Waals surface area contributed by atoms with E-state index in [2.05, 4.69) is 17.2 Å². The number of nitrogens with two attached hydrogens (primary N) is 1. The van der Waals surface area contributed by atoms with Crippen LogP contribution in [0.15, 0.2) is 24.3 Å². The van der Waals surface area contributed by atoms with Gasteiger partial charge in [-0.2, -0.15) is 5.10 Å². The zero-order valence-electron chi connectivity index (χ0n) is 10.6. The minimum Gasteiger partial charge on any atom is -0.380 e. The lowest BCUT2D eigenvalue weighted by atomic mass is 10.0. The number of hydrogen-bond donors (Lipinski definition) is 1. The van der Waals surface area contributed by atoms with E-state index in [0.717, 1.165) is 17.6 Å². The first-order chi connectivity index (χ1) is 8.13. The Morgan fingerprint density at radius 2 is 2.12 bits per heavy atom. The van der Waals surface area contributed by atoms with E-state index in [1.54, 1.807) is 7.11 Å². The van der Waals surface area contributed by atoms with Crippen LogP contribution in [0.4, 0.5) is 0 Å². The van der Waals surface area contributed by atoms with Gasteiger partial charge in [-0.05, 0) is 13.0 Å². The smallest absolute Gasteiger partial charge is 0.0719 e. The van der Waals surface area contributed by atoms with E-state index < -0.39 is 0 Å². The van der Waals surface area contributed by atoms with Crippen molar-refractivity contribution in [2.24, 2.45) is 12.8 Å². The topological polar surface area (TPSA) is 53.1 Å². The van der Waals surface area contributed by atoms with E-state index in [1.807, 2.05) is 30.8 Å². The van der Waals surface area contributed by atoms with Gasteiger partial charge in [-0.15, -0.1) is 0 Å². The van der Waals surface area contributed by atoms with Gasteiger partial charge >= 0.3 is 0 Å². The molecule has 0 bridgehead atoms. The average Bonchev–Trinajstić information content (AvgIpc) is 2.66. The zero-order valence-corrected chi connectivity index (χ0v) is 10.6. The Morgan fingerprint density at radius 1 is 1.41 bits per heavy atom. The van der Waals surface area contributed by atoms with Crippen molar-refractivity contribution in [3.8, 4) is 0 Å². The van der Waals surface area contributed by atoms with Crippen LogP contribution in [0.1, 0.15) is 12.6 Å². The monoisotopic (exact) mass is 233 g/mol. The van der Waals surface area contributed by atoms with Gasteiger partial charge < -0.3 is 10.5 Å². The summed E-state index contributed by atoms with van der Waals surface area (Å²) in [6, 6.07) is 8.17. The summed E-state index contributed by atoms with van der Waals surface area (Å²) in [5.74, 6) is 0. The predicted octanol–water partition coefficient (Wildman–Crippen LogP) is 1.48. The fraction of sp³-hybridized carbons (Fsp3) is 0.462. The van der Waals surface area contributed by atoms with Gasteiger partial charge in [0.25, 0.3) is 0 Å². The van der Waals surface area contributed by atoms with Crippen LogP contribution in [0.5, 0.6) is 0 Å². The summed E-state index contributed by atoms with van der Waals surface area (Å²) in [5, 5.41) is 5.70. The minimum atomic E-state index is -0.0293. The third-order valence-electron chi connectivity index (χ3n) is 3.24. The van der Waals surface area contributed by atoms with E-state index in [4.69, 9.17) is 10.5 Å². The molecule has 0 radical (unpaired) electrons. The van der Waals surface area contributed by atoms with Crippen molar-refractivity contribution in [1.29, 1.82) is 0 Å². The molecule has 1 aromatic carbocycles. The largest absolute Gasteiger partial charge is 0.380 e. The maximum absolute atomic E-state index is 6.09. The van der Waals surface area contributed by atoms with Gasteiger partial charge in [0.15, 0.2) is 0 Å². The van der Waals surface area contributed by atoms with Crippen molar-refractivity contribution in [3.63, 3.8) is 0 Å². The summed E-state index contributed by atoms with van der Waals surface area (Å²) in [7, 11) is 3.64. The van der Waals surface area contributed by atoms with Crippen LogP contribution in [-0.4, -0.2) is 29.0 Å². The molecule has 0 fully saturated rings. The first kappa shape index (κ1) is 12.1. The van der Waals surface area contributed by atoms with Gasteiger partial charge in [-0.1, -0.05) is 18.2 Å². The molecule has 1 heterocycles. The van der Waals surface area contributed by atoms with Crippen LogP contribution in [0.2, 0.25) is 0 Å². The van der Waals surface area contributed by atoms with E-state index in [-0.39, 0.29) is 12.1 Å². The number of benzene rings is 1. The summed E-state index contributed by atoms with van der Waals surface area (Å²) < 4.78 is 7.14. The van der Waals surface area contributed by atoms with Gasteiger partial charge in [-0.25, -0.2) is 0 Å². The number of ether oxygens (including phenoxy) is 1. The van der Waals surface area contributed by atoms with Gasteiger partial charge in [0.1, 0.15) is 0 Å². The molecule has 0 spiro atoms. The quantitative estimate of drug-likeness (QED) is 0.870. The molecule has 0 aliphatic heterocycles. The number of aryl methyl sites for hydroxylation is 1. The second-order valence-electron chi connectivity index (χ2n) is 4.40. The minimum absolute atomic E-state index is 0.0293. The second kappa shape index (κ2) is 4.85. The molecule has 2 atom stereocenters.